The van der Waals surface area contributed by atoms with Crippen LogP contribution in [0.15, 0.2) is 42.5 Å². The summed E-state index contributed by atoms with van der Waals surface area (Å²) in [6, 6.07) is 11.1. The Morgan fingerprint density at radius 2 is 1.74 bits per heavy atom. The predicted octanol–water partition coefficient (Wildman–Crippen LogP) is 2.97. The lowest BCUT2D eigenvalue weighted by atomic mass is 10.2. The number of carbonyl (C=O) groups is 2. The highest BCUT2D eigenvalue weighted by atomic mass is 19.1. The van der Waals surface area contributed by atoms with Gasteiger partial charge in [-0.25, -0.2) is 9.18 Å². The molecule has 0 saturated carbocycles. The van der Waals surface area contributed by atoms with Crippen molar-refractivity contribution in [3.63, 3.8) is 0 Å². The molecule has 0 aromatic heterocycles. The van der Waals surface area contributed by atoms with E-state index < -0.39 is 5.97 Å². The molecule has 0 heterocycles. The van der Waals surface area contributed by atoms with Crippen LogP contribution >= 0.6 is 0 Å². The molecule has 0 spiro atoms. The Kier molecular flexibility index (Phi) is 5.30. The minimum absolute atomic E-state index is 0.0209. The number of esters is 1. The molecule has 0 aliphatic rings. The lowest BCUT2D eigenvalue weighted by Crippen LogP contribution is -2.21. The number of amides is 1. The van der Waals surface area contributed by atoms with E-state index in [0.29, 0.717) is 22.5 Å². The summed E-state index contributed by atoms with van der Waals surface area (Å²) < 4.78 is 18.0. The summed E-state index contributed by atoms with van der Waals surface area (Å²) in [5.41, 5.74) is 2.04. The smallest absolute Gasteiger partial charge is 0.337 e. The average Bonchev–Trinajstić information content (AvgIpc) is 2.56. The summed E-state index contributed by atoms with van der Waals surface area (Å²) in [6.45, 7) is 1.67. The van der Waals surface area contributed by atoms with Gasteiger partial charge in [0.15, 0.2) is 0 Å². The van der Waals surface area contributed by atoms with E-state index in [0.717, 1.165) is 0 Å². The molecular weight excluding hydrogens is 299 g/mol. The predicted molar refractivity (Wildman–Crippen MR) is 86.0 cm³/mol. The minimum Gasteiger partial charge on any atom is -0.465 e. The first-order valence-electron chi connectivity index (χ1n) is 6.98. The SMILES string of the molecule is COC(=O)c1ccc(NCC(=O)Nc2ccc(C)c(F)c2)cc1. The van der Waals surface area contributed by atoms with Crippen molar-refractivity contribution in [2.24, 2.45) is 0 Å². The fourth-order valence-corrected chi connectivity index (χ4v) is 1.90. The molecule has 2 N–H and O–H groups in total. The highest BCUT2D eigenvalue weighted by molar-refractivity contribution is 5.94. The monoisotopic (exact) mass is 316 g/mol. The summed E-state index contributed by atoms with van der Waals surface area (Å²) in [5.74, 6) is -1.09. The van der Waals surface area contributed by atoms with Crippen LogP contribution in [-0.2, 0) is 9.53 Å². The highest BCUT2D eigenvalue weighted by Gasteiger charge is 2.06. The van der Waals surface area contributed by atoms with Crippen LogP contribution in [0.4, 0.5) is 15.8 Å². The second kappa shape index (κ2) is 7.40. The normalized spacial score (nSPS) is 10.0. The Labute approximate surface area is 133 Å². The molecule has 0 aliphatic carbocycles. The zero-order valence-electron chi connectivity index (χ0n) is 12.9. The number of hydrogen-bond acceptors (Lipinski definition) is 4. The number of benzene rings is 2. The molecule has 0 aliphatic heterocycles. The molecule has 120 valence electrons. The number of carbonyl (C=O) groups excluding carboxylic acids is 2. The first-order valence-corrected chi connectivity index (χ1v) is 6.98. The van der Waals surface area contributed by atoms with Crippen molar-refractivity contribution in [1.29, 1.82) is 0 Å². The van der Waals surface area contributed by atoms with Crippen molar-refractivity contribution < 1.29 is 18.7 Å². The van der Waals surface area contributed by atoms with E-state index in [1.54, 1.807) is 43.3 Å². The van der Waals surface area contributed by atoms with Gasteiger partial charge in [-0.05, 0) is 48.9 Å². The molecule has 23 heavy (non-hydrogen) atoms. The van der Waals surface area contributed by atoms with Crippen molar-refractivity contribution >= 4 is 23.3 Å². The van der Waals surface area contributed by atoms with Gasteiger partial charge < -0.3 is 15.4 Å². The van der Waals surface area contributed by atoms with Crippen LogP contribution < -0.4 is 10.6 Å². The summed E-state index contributed by atoms with van der Waals surface area (Å²) >= 11 is 0. The zero-order chi connectivity index (χ0) is 16.8. The van der Waals surface area contributed by atoms with E-state index in [4.69, 9.17) is 0 Å². The second-order valence-corrected chi connectivity index (χ2v) is 4.93. The third-order valence-electron chi connectivity index (χ3n) is 3.21. The van der Waals surface area contributed by atoms with Crippen molar-refractivity contribution in [2.45, 2.75) is 6.92 Å². The summed E-state index contributed by atoms with van der Waals surface area (Å²) in [4.78, 5) is 23.1. The fraction of sp³-hybridized carbons (Fsp3) is 0.176. The molecule has 2 aromatic carbocycles. The number of hydrogen-bond donors (Lipinski definition) is 2. The molecule has 0 fully saturated rings. The van der Waals surface area contributed by atoms with Gasteiger partial charge in [-0.15, -0.1) is 0 Å². The number of anilines is 2. The van der Waals surface area contributed by atoms with E-state index in [1.165, 1.54) is 13.2 Å². The minimum atomic E-state index is -0.421. The first kappa shape index (κ1) is 16.5. The van der Waals surface area contributed by atoms with Crippen LogP contribution in [0, 0.1) is 12.7 Å². The Balaban J connectivity index is 1.88. The molecule has 0 unspecified atom stereocenters. The maximum atomic E-state index is 13.4. The number of methoxy groups -OCH3 is 1. The van der Waals surface area contributed by atoms with Crippen LogP contribution in [0.25, 0.3) is 0 Å². The van der Waals surface area contributed by atoms with Crippen LogP contribution in [0.5, 0.6) is 0 Å². The van der Waals surface area contributed by atoms with Gasteiger partial charge in [0.25, 0.3) is 0 Å². The van der Waals surface area contributed by atoms with E-state index in [1.807, 2.05) is 0 Å². The van der Waals surface area contributed by atoms with Crippen molar-refractivity contribution in [3.8, 4) is 0 Å². The molecule has 1 amide bonds. The second-order valence-electron chi connectivity index (χ2n) is 4.93. The molecule has 0 radical (unpaired) electrons. The topological polar surface area (TPSA) is 67.4 Å². The molecule has 0 saturated heterocycles. The van der Waals surface area contributed by atoms with Gasteiger partial charge in [0.1, 0.15) is 5.82 Å². The van der Waals surface area contributed by atoms with Gasteiger partial charge in [0.05, 0.1) is 19.2 Å². The Hall–Kier alpha value is -2.89. The Morgan fingerprint density at radius 3 is 2.35 bits per heavy atom. The van der Waals surface area contributed by atoms with Gasteiger partial charge in [-0.2, -0.15) is 0 Å². The number of halogens is 1. The van der Waals surface area contributed by atoms with Crippen molar-refractivity contribution in [2.75, 3.05) is 24.3 Å². The van der Waals surface area contributed by atoms with Gasteiger partial charge in [-0.1, -0.05) is 6.07 Å². The quantitative estimate of drug-likeness (QED) is 0.832. The Bertz CT molecular complexity index is 714. The summed E-state index contributed by atoms with van der Waals surface area (Å²) in [7, 11) is 1.31. The van der Waals surface area contributed by atoms with Gasteiger partial charge in [0, 0.05) is 11.4 Å². The van der Waals surface area contributed by atoms with Gasteiger partial charge in [0.2, 0.25) is 5.91 Å². The standard InChI is InChI=1S/C17H17FN2O3/c1-11-3-6-14(9-15(11)18)20-16(21)10-19-13-7-4-12(5-8-13)17(22)23-2/h3-9,19H,10H2,1-2H3,(H,20,21). The number of nitrogens with one attached hydrogen (secondary N) is 2. The average molecular weight is 316 g/mol. The lowest BCUT2D eigenvalue weighted by molar-refractivity contribution is -0.114. The van der Waals surface area contributed by atoms with Crippen LogP contribution in [-0.4, -0.2) is 25.5 Å². The van der Waals surface area contributed by atoms with Gasteiger partial charge >= 0.3 is 5.97 Å². The number of ether oxygens (including phenoxy) is 1. The van der Waals surface area contributed by atoms with Crippen LogP contribution in [0.1, 0.15) is 15.9 Å². The lowest BCUT2D eigenvalue weighted by Gasteiger charge is -2.09. The maximum absolute atomic E-state index is 13.4. The van der Waals surface area contributed by atoms with Crippen LogP contribution in [0.2, 0.25) is 0 Å². The van der Waals surface area contributed by atoms with Crippen molar-refractivity contribution in [1.82, 2.24) is 0 Å². The summed E-state index contributed by atoms with van der Waals surface area (Å²) in [6.07, 6.45) is 0. The Morgan fingerprint density at radius 1 is 1.09 bits per heavy atom. The zero-order valence-corrected chi connectivity index (χ0v) is 12.9. The molecular formula is C17H17FN2O3. The third kappa shape index (κ3) is 4.54. The van der Waals surface area contributed by atoms with Crippen LogP contribution in [0.3, 0.4) is 0 Å². The summed E-state index contributed by atoms with van der Waals surface area (Å²) in [5, 5.41) is 5.52. The molecule has 6 heteroatoms. The molecule has 0 bridgehead atoms. The fourth-order valence-electron chi connectivity index (χ4n) is 1.90. The largest absolute Gasteiger partial charge is 0.465 e. The van der Waals surface area contributed by atoms with E-state index in [2.05, 4.69) is 15.4 Å². The molecule has 5 nitrogen and oxygen atoms in total. The maximum Gasteiger partial charge on any atom is 0.337 e. The highest BCUT2D eigenvalue weighted by Crippen LogP contribution is 2.14. The van der Waals surface area contributed by atoms with E-state index in [9.17, 15) is 14.0 Å². The third-order valence-corrected chi connectivity index (χ3v) is 3.21. The molecule has 0 atom stereocenters. The van der Waals surface area contributed by atoms with Crippen molar-refractivity contribution in [3.05, 3.63) is 59.4 Å². The van der Waals surface area contributed by atoms with E-state index in [-0.39, 0.29) is 18.3 Å². The first-order chi connectivity index (χ1) is 11.0. The van der Waals surface area contributed by atoms with Gasteiger partial charge in [-0.3, -0.25) is 4.79 Å². The molecule has 2 rings (SSSR count). The number of aryl methyl sites for hydroxylation is 1. The van der Waals surface area contributed by atoms with E-state index >= 15 is 0 Å². The molecule has 2 aromatic rings. The number of rotatable bonds is 5.